The smallest absolute Gasteiger partial charge is 0.169 e. The van der Waals surface area contributed by atoms with Crippen molar-refractivity contribution in [1.29, 1.82) is 0 Å². The van der Waals surface area contributed by atoms with Crippen molar-refractivity contribution in [1.82, 2.24) is 4.90 Å². The lowest BCUT2D eigenvalue weighted by Crippen LogP contribution is -2.31. The largest absolute Gasteiger partial charge is 0.490 e. The molecule has 1 heterocycles. The molecule has 0 N–H and O–H groups in total. The van der Waals surface area contributed by atoms with Gasteiger partial charge in [-0.25, -0.2) is 0 Å². The summed E-state index contributed by atoms with van der Waals surface area (Å²) in [6, 6.07) is 15.2. The number of para-hydroxylation sites is 2. The van der Waals surface area contributed by atoms with Crippen LogP contribution in [0.1, 0.15) is 25.7 Å². The van der Waals surface area contributed by atoms with Crippen molar-refractivity contribution in [3.05, 3.63) is 53.6 Å². The van der Waals surface area contributed by atoms with E-state index in [0.29, 0.717) is 17.4 Å². The van der Waals surface area contributed by atoms with E-state index in [1.807, 2.05) is 42.5 Å². The number of piperidine rings is 1. The van der Waals surface area contributed by atoms with Crippen LogP contribution in [0.25, 0.3) is 0 Å². The molecule has 1 saturated heterocycles. The lowest BCUT2D eigenvalue weighted by atomic mass is 10.1. The fourth-order valence-electron chi connectivity index (χ4n) is 2.96. The predicted octanol–water partition coefficient (Wildman–Crippen LogP) is 5.39. The molecule has 24 heavy (non-hydrogen) atoms. The summed E-state index contributed by atoms with van der Waals surface area (Å²) in [5.74, 6) is 2.21. The van der Waals surface area contributed by atoms with Crippen molar-refractivity contribution in [3.8, 4) is 17.2 Å². The molecule has 1 fully saturated rings. The Morgan fingerprint density at radius 3 is 2.50 bits per heavy atom. The van der Waals surface area contributed by atoms with Gasteiger partial charge in [-0.15, -0.1) is 0 Å². The number of nitrogens with zero attached hydrogens (tertiary/aromatic N) is 1. The second-order valence-electron chi connectivity index (χ2n) is 6.11. The molecule has 0 atom stereocenters. The fraction of sp³-hybridized carbons (Fsp3) is 0.400. The minimum atomic E-state index is 0.660. The van der Waals surface area contributed by atoms with E-state index in [-0.39, 0.29) is 0 Å². The third-order valence-electron chi connectivity index (χ3n) is 4.20. The second kappa shape index (κ2) is 8.95. The van der Waals surface area contributed by atoms with Crippen LogP contribution in [0.2, 0.25) is 5.02 Å². The molecule has 0 saturated carbocycles. The van der Waals surface area contributed by atoms with E-state index in [1.54, 1.807) is 6.07 Å². The van der Waals surface area contributed by atoms with Gasteiger partial charge in [0.2, 0.25) is 0 Å². The number of benzene rings is 2. The molecule has 0 spiro atoms. The van der Waals surface area contributed by atoms with Gasteiger partial charge in [0.25, 0.3) is 0 Å². The van der Waals surface area contributed by atoms with Gasteiger partial charge >= 0.3 is 0 Å². The van der Waals surface area contributed by atoms with Crippen molar-refractivity contribution in [2.75, 3.05) is 26.2 Å². The minimum Gasteiger partial charge on any atom is -0.490 e. The first-order chi connectivity index (χ1) is 11.8. The Hall–Kier alpha value is -1.71. The van der Waals surface area contributed by atoms with Gasteiger partial charge in [0, 0.05) is 11.6 Å². The number of likely N-dealkylation sites (tertiary alicyclic amines) is 1. The predicted molar refractivity (Wildman–Crippen MR) is 98.4 cm³/mol. The molecule has 1 aliphatic heterocycles. The Morgan fingerprint density at radius 1 is 0.917 bits per heavy atom. The maximum Gasteiger partial charge on any atom is 0.169 e. The fourth-order valence-corrected chi connectivity index (χ4v) is 3.14. The molecule has 4 heteroatoms. The van der Waals surface area contributed by atoms with E-state index in [4.69, 9.17) is 21.1 Å². The molecule has 3 rings (SSSR count). The summed E-state index contributed by atoms with van der Waals surface area (Å²) in [4.78, 5) is 2.53. The van der Waals surface area contributed by atoms with Crippen LogP contribution in [-0.2, 0) is 0 Å². The highest BCUT2D eigenvalue weighted by Gasteiger charge is 2.10. The highest BCUT2D eigenvalue weighted by Crippen LogP contribution is 2.32. The number of hydrogen-bond donors (Lipinski definition) is 0. The van der Waals surface area contributed by atoms with Crippen molar-refractivity contribution in [2.45, 2.75) is 25.7 Å². The molecule has 3 nitrogen and oxygen atoms in total. The molecule has 128 valence electrons. The van der Waals surface area contributed by atoms with E-state index >= 15 is 0 Å². The van der Waals surface area contributed by atoms with Gasteiger partial charge < -0.3 is 14.4 Å². The van der Waals surface area contributed by atoms with Crippen LogP contribution in [0, 0.1) is 0 Å². The average molecular weight is 346 g/mol. The lowest BCUT2D eigenvalue weighted by molar-refractivity contribution is 0.203. The van der Waals surface area contributed by atoms with Crippen molar-refractivity contribution >= 4 is 11.6 Å². The zero-order chi connectivity index (χ0) is 16.6. The summed E-state index contributed by atoms with van der Waals surface area (Å²) in [6.45, 7) is 4.27. The first-order valence-electron chi connectivity index (χ1n) is 8.69. The van der Waals surface area contributed by atoms with Gasteiger partial charge in [-0.1, -0.05) is 36.2 Å². The molecule has 0 amide bonds. The van der Waals surface area contributed by atoms with Crippen molar-refractivity contribution < 1.29 is 9.47 Å². The Morgan fingerprint density at radius 2 is 1.71 bits per heavy atom. The Balaban J connectivity index is 1.52. The summed E-state index contributed by atoms with van der Waals surface area (Å²) < 4.78 is 11.9. The van der Waals surface area contributed by atoms with Gasteiger partial charge in [-0.3, -0.25) is 0 Å². The topological polar surface area (TPSA) is 21.7 Å². The zero-order valence-electron chi connectivity index (χ0n) is 13.9. The molecule has 0 bridgehead atoms. The van der Waals surface area contributed by atoms with E-state index < -0.39 is 0 Å². The SMILES string of the molecule is Clc1cccc(Oc2ccccc2OCCCN2CCCCC2)c1. The van der Waals surface area contributed by atoms with Crippen LogP contribution in [0.4, 0.5) is 0 Å². The summed E-state index contributed by atoms with van der Waals surface area (Å²) in [5.41, 5.74) is 0. The number of rotatable bonds is 7. The van der Waals surface area contributed by atoms with Gasteiger partial charge in [0.15, 0.2) is 11.5 Å². The van der Waals surface area contributed by atoms with Crippen LogP contribution in [0.3, 0.4) is 0 Å². The number of halogens is 1. The van der Waals surface area contributed by atoms with Crippen LogP contribution in [-0.4, -0.2) is 31.1 Å². The van der Waals surface area contributed by atoms with Gasteiger partial charge in [0.05, 0.1) is 6.61 Å². The van der Waals surface area contributed by atoms with Crippen LogP contribution < -0.4 is 9.47 Å². The van der Waals surface area contributed by atoms with Crippen molar-refractivity contribution in [3.63, 3.8) is 0 Å². The zero-order valence-corrected chi connectivity index (χ0v) is 14.7. The third-order valence-corrected chi connectivity index (χ3v) is 4.43. The van der Waals surface area contributed by atoms with Crippen molar-refractivity contribution in [2.24, 2.45) is 0 Å². The Bertz CT molecular complexity index is 641. The minimum absolute atomic E-state index is 0.660. The highest BCUT2D eigenvalue weighted by atomic mass is 35.5. The summed E-state index contributed by atoms with van der Waals surface area (Å²) >= 11 is 6.01. The number of hydrogen-bond acceptors (Lipinski definition) is 3. The third kappa shape index (κ3) is 5.15. The summed E-state index contributed by atoms with van der Waals surface area (Å²) in [6.07, 6.45) is 5.07. The molecular weight excluding hydrogens is 322 g/mol. The molecule has 0 aliphatic carbocycles. The van der Waals surface area contributed by atoms with E-state index in [9.17, 15) is 0 Å². The summed E-state index contributed by atoms with van der Waals surface area (Å²) in [7, 11) is 0. The maximum absolute atomic E-state index is 6.01. The number of ether oxygens (including phenoxy) is 2. The van der Waals surface area contributed by atoms with E-state index in [0.717, 1.165) is 24.5 Å². The normalized spacial score (nSPS) is 15.2. The second-order valence-corrected chi connectivity index (χ2v) is 6.55. The van der Waals surface area contributed by atoms with Gasteiger partial charge in [-0.2, -0.15) is 0 Å². The first kappa shape index (κ1) is 17.1. The van der Waals surface area contributed by atoms with Crippen LogP contribution in [0.15, 0.2) is 48.5 Å². The first-order valence-corrected chi connectivity index (χ1v) is 9.07. The van der Waals surface area contributed by atoms with Crippen LogP contribution in [0.5, 0.6) is 17.2 Å². The quantitative estimate of drug-likeness (QED) is 0.628. The average Bonchev–Trinajstić information content (AvgIpc) is 2.61. The van der Waals surface area contributed by atoms with E-state index in [2.05, 4.69) is 4.90 Å². The highest BCUT2D eigenvalue weighted by molar-refractivity contribution is 6.30. The maximum atomic E-state index is 6.01. The summed E-state index contributed by atoms with van der Waals surface area (Å²) in [5, 5.41) is 0.660. The van der Waals surface area contributed by atoms with Gasteiger partial charge in [0.1, 0.15) is 5.75 Å². The molecular formula is C20H24ClNO2. The molecule has 0 unspecified atom stereocenters. The molecule has 1 aliphatic rings. The van der Waals surface area contributed by atoms with Crippen LogP contribution >= 0.6 is 11.6 Å². The monoisotopic (exact) mass is 345 g/mol. The standard InChI is InChI=1S/C20H24ClNO2/c21-17-8-6-9-18(16-17)24-20-11-3-2-10-19(20)23-15-7-14-22-12-4-1-5-13-22/h2-3,6,8-11,16H,1,4-5,7,12-15H2. The molecule has 2 aromatic carbocycles. The molecule has 0 radical (unpaired) electrons. The Kier molecular flexibility index (Phi) is 6.39. The van der Waals surface area contributed by atoms with E-state index in [1.165, 1.54) is 32.4 Å². The molecule has 0 aromatic heterocycles. The van der Waals surface area contributed by atoms with Gasteiger partial charge in [-0.05, 0) is 62.7 Å². The lowest BCUT2D eigenvalue weighted by Gasteiger charge is -2.26. The Labute approximate surface area is 149 Å². The molecule has 2 aromatic rings.